The van der Waals surface area contributed by atoms with Crippen molar-refractivity contribution in [3.63, 3.8) is 0 Å². The summed E-state index contributed by atoms with van der Waals surface area (Å²) < 4.78 is 42.5. The van der Waals surface area contributed by atoms with E-state index in [0.717, 1.165) is 34.1 Å². The number of carboxylic acid groups (broad SMARTS) is 1. The maximum atomic E-state index is 12.7. The van der Waals surface area contributed by atoms with E-state index in [0.29, 0.717) is 6.07 Å². The van der Waals surface area contributed by atoms with Crippen molar-refractivity contribution in [3.05, 3.63) is 45.9 Å². The molecule has 36 heavy (non-hydrogen) atoms. The fraction of sp³-hybridized carbons (Fsp3) is 0.222. The number of thiazole rings is 1. The van der Waals surface area contributed by atoms with E-state index in [-0.39, 0.29) is 57.5 Å². The Morgan fingerprint density at radius 3 is 2.67 bits per heavy atom. The summed E-state index contributed by atoms with van der Waals surface area (Å²) in [5.41, 5.74) is 3.31. The Bertz CT molecular complexity index is 1310. The summed E-state index contributed by atoms with van der Waals surface area (Å²) in [6, 6.07) is -0.519. The van der Waals surface area contributed by atoms with E-state index in [1.807, 2.05) is 0 Å². The molecule has 4 heterocycles. The molecule has 2 aromatic heterocycles. The summed E-state index contributed by atoms with van der Waals surface area (Å²) in [5, 5.41) is 29.8. The number of aromatic nitrogens is 2. The molecule has 0 aliphatic carbocycles. The summed E-state index contributed by atoms with van der Waals surface area (Å²) >= 11 is 2.08. The van der Waals surface area contributed by atoms with Crippen LogP contribution in [0.5, 0.6) is 0 Å². The van der Waals surface area contributed by atoms with Crippen molar-refractivity contribution in [1.82, 2.24) is 20.4 Å². The summed E-state index contributed by atoms with van der Waals surface area (Å²) in [4.78, 5) is 41.7. The minimum Gasteiger partial charge on any atom is -0.543 e. The number of halogens is 3. The standard InChI is InChI=1S/C18H13F3N6O6S2.Na/c19-18(20,21)9-3-7(33-26-9)2-1-6-4-34-15-11(14(29)27(15)12(6)16(30)31)24-13(28)10(25-32)8-5-35-17(22)23-8;/h1-3,5,11,15,32H,4H2,(H2,22,23)(H,24,28)(H,30,31);/q;+1/p-1/b2-1-,25-10-;/t11-,15-;/m1./s1. The number of nitrogens with one attached hydrogen (secondary N) is 1. The number of β-lactam (4-membered cyclic amide) rings is 1. The smallest absolute Gasteiger partial charge is 0.543 e. The first-order valence-corrected chi connectivity index (χ1v) is 11.3. The van der Waals surface area contributed by atoms with Gasteiger partial charge in [-0.3, -0.25) is 14.5 Å². The van der Waals surface area contributed by atoms with Crippen LogP contribution in [0, 0.1) is 0 Å². The van der Waals surface area contributed by atoms with E-state index in [4.69, 9.17) is 5.73 Å². The van der Waals surface area contributed by atoms with Crippen LogP contribution in [0.3, 0.4) is 0 Å². The fourth-order valence-electron chi connectivity index (χ4n) is 3.26. The Morgan fingerprint density at radius 1 is 1.39 bits per heavy atom. The Hall–Kier alpha value is -2.86. The summed E-state index contributed by atoms with van der Waals surface area (Å²) in [6.07, 6.45) is -2.46. The normalized spacial score (nSPS) is 20.1. The van der Waals surface area contributed by atoms with Crippen LogP contribution < -0.4 is 45.7 Å². The number of thioether (sulfide) groups is 1. The number of anilines is 1. The van der Waals surface area contributed by atoms with Crippen molar-refractivity contribution in [1.29, 1.82) is 0 Å². The third-order valence-electron chi connectivity index (χ3n) is 4.82. The fourth-order valence-corrected chi connectivity index (χ4v) is 5.13. The predicted molar refractivity (Wildman–Crippen MR) is 112 cm³/mol. The molecule has 184 valence electrons. The third-order valence-corrected chi connectivity index (χ3v) is 6.80. The van der Waals surface area contributed by atoms with Crippen LogP contribution in [0.15, 0.2) is 38.5 Å². The monoisotopic (exact) mass is 552 g/mol. The number of hydrogen-bond acceptors (Lipinski definition) is 12. The van der Waals surface area contributed by atoms with E-state index in [1.54, 1.807) is 0 Å². The molecule has 0 aromatic carbocycles. The molecule has 2 atom stereocenters. The molecule has 0 spiro atoms. The quantitative estimate of drug-likeness (QED) is 0.110. The molecule has 0 saturated carbocycles. The van der Waals surface area contributed by atoms with Crippen LogP contribution in [-0.4, -0.2) is 60.9 Å². The van der Waals surface area contributed by atoms with Crippen molar-refractivity contribution >= 4 is 57.8 Å². The Labute approximate surface area is 229 Å². The average Bonchev–Trinajstić information content (AvgIpc) is 3.45. The van der Waals surface area contributed by atoms with Gasteiger partial charge < -0.3 is 30.7 Å². The number of alkyl halides is 3. The number of oxime groups is 1. The van der Waals surface area contributed by atoms with Crippen molar-refractivity contribution < 1.29 is 71.9 Å². The maximum absolute atomic E-state index is 12.7. The Kier molecular flexibility index (Phi) is 8.19. The van der Waals surface area contributed by atoms with Gasteiger partial charge in [0.05, 0.1) is 11.7 Å². The zero-order chi connectivity index (χ0) is 25.5. The molecular formula is C18H12F3N6NaO6S2. The van der Waals surface area contributed by atoms with E-state index < -0.39 is 52.5 Å². The molecule has 2 amide bonds. The number of aliphatic carboxylic acids is 1. The molecule has 1 fully saturated rings. The van der Waals surface area contributed by atoms with Crippen molar-refractivity contribution in [3.8, 4) is 0 Å². The molecule has 0 radical (unpaired) electrons. The second-order valence-corrected chi connectivity index (χ2v) is 8.98. The third kappa shape index (κ3) is 5.29. The Balaban J connectivity index is 0.00000361. The van der Waals surface area contributed by atoms with Crippen molar-refractivity contribution in [2.45, 2.75) is 17.6 Å². The average molecular weight is 552 g/mol. The van der Waals surface area contributed by atoms with E-state index in [1.165, 1.54) is 11.5 Å². The van der Waals surface area contributed by atoms with Gasteiger partial charge >= 0.3 is 35.7 Å². The summed E-state index contributed by atoms with van der Waals surface area (Å²) in [5.74, 6) is -3.68. The second kappa shape index (κ2) is 10.6. The number of amides is 2. The van der Waals surface area contributed by atoms with Gasteiger partial charge in [0.15, 0.2) is 22.3 Å². The summed E-state index contributed by atoms with van der Waals surface area (Å²) in [6.45, 7) is 0. The van der Waals surface area contributed by atoms with Crippen LogP contribution in [-0.2, 0) is 20.6 Å². The number of fused-ring (bicyclic) bond motifs is 1. The van der Waals surface area contributed by atoms with Crippen LogP contribution in [0.2, 0.25) is 0 Å². The SMILES string of the molecule is Nc1nc(/C(=N/O)C(=O)N[C@@H]2C(=O)N3C(C(=O)[O-])=C(/C=C\c4cc(C(F)(F)F)no4)CS[C@H]23)cs1.[Na+]. The maximum Gasteiger partial charge on any atom is 1.00 e. The molecule has 2 aromatic rings. The number of rotatable bonds is 6. The van der Waals surface area contributed by atoms with Gasteiger partial charge in [-0.05, 0) is 11.6 Å². The number of nitrogen functional groups attached to an aromatic ring is 1. The molecule has 4 N–H and O–H groups in total. The first kappa shape index (κ1) is 27.7. The molecule has 1 saturated heterocycles. The van der Waals surface area contributed by atoms with Gasteiger partial charge in [0, 0.05) is 17.2 Å². The molecule has 2 aliphatic heterocycles. The van der Waals surface area contributed by atoms with Crippen LogP contribution in [0.4, 0.5) is 18.3 Å². The second-order valence-electron chi connectivity index (χ2n) is 6.99. The van der Waals surface area contributed by atoms with Gasteiger partial charge in [-0.2, -0.15) is 13.2 Å². The first-order chi connectivity index (χ1) is 16.5. The van der Waals surface area contributed by atoms with Crippen LogP contribution in [0.25, 0.3) is 6.08 Å². The van der Waals surface area contributed by atoms with Gasteiger partial charge in [-0.15, -0.1) is 23.1 Å². The van der Waals surface area contributed by atoms with E-state index >= 15 is 0 Å². The van der Waals surface area contributed by atoms with E-state index in [9.17, 15) is 37.9 Å². The summed E-state index contributed by atoms with van der Waals surface area (Å²) in [7, 11) is 0. The van der Waals surface area contributed by atoms with Gasteiger partial charge in [-0.25, -0.2) is 4.98 Å². The molecule has 18 heteroatoms. The number of nitrogens with zero attached hydrogens (tertiary/aromatic N) is 4. The van der Waals surface area contributed by atoms with Crippen LogP contribution in [0.1, 0.15) is 17.1 Å². The number of carbonyl (C=O) groups is 3. The molecule has 2 aliphatic rings. The zero-order valence-electron chi connectivity index (χ0n) is 18.0. The molecular weight excluding hydrogens is 540 g/mol. The molecule has 4 rings (SSSR count). The topological polar surface area (TPSA) is 187 Å². The van der Waals surface area contributed by atoms with E-state index in [2.05, 4.69) is 25.1 Å². The molecule has 12 nitrogen and oxygen atoms in total. The largest absolute Gasteiger partial charge is 1.00 e. The number of allylic oxidation sites excluding steroid dienone is 1. The first-order valence-electron chi connectivity index (χ1n) is 9.36. The number of nitrogens with two attached hydrogens (primary N) is 1. The zero-order valence-corrected chi connectivity index (χ0v) is 21.6. The predicted octanol–water partition coefficient (Wildman–Crippen LogP) is -2.97. The molecule has 0 bridgehead atoms. The minimum absolute atomic E-state index is 0. The molecule has 0 unspecified atom stereocenters. The van der Waals surface area contributed by atoms with Gasteiger partial charge in [0.1, 0.15) is 17.1 Å². The number of carbonyl (C=O) groups excluding carboxylic acids is 3. The number of carboxylic acids is 1. The van der Waals surface area contributed by atoms with Gasteiger partial charge in [0.2, 0.25) is 0 Å². The van der Waals surface area contributed by atoms with Crippen molar-refractivity contribution in [2.24, 2.45) is 5.16 Å². The number of hydrogen-bond donors (Lipinski definition) is 3. The Morgan fingerprint density at radius 2 is 2.11 bits per heavy atom. The van der Waals surface area contributed by atoms with Crippen molar-refractivity contribution in [2.75, 3.05) is 11.5 Å². The van der Waals surface area contributed by atoms with Gasteiger partial charge in [0.25, 0.3) is 11.8 Å². The minimum atomic E-state index is -4.71. The van der Waals surface area contributed by atoms with Crippen LogP contribution >= 0.6 is 23.1 Å². The van der Waals surface area contributed by atoms with Gasteiger partial charge in [-0.1, -0.05) is 16.4 Å².